The number of nitrogens with one attached hydrogen (secondary N) is 2. The van der Waals surface area contributed by atoms with Gasteiger partial charge in [-0.15, -0.1) is 0 Å². The summed E-state index contributed by atoms with van der Waals surface area (Å²) in [6, 6.07) is 12.9. The molecular formula is C27H32N4O5S. The van der Waals surface area contributed by atoms with Crippen LogP contribution >= 0.6 is 0 Å². The molecule has 10 heteroatoms. The summed E-state index contributed by atoms with van der Waals surface area (Å²) in [5, 5.41) is 5.51. The Bertz CT molecular complexity index is 1320. The highest BCUT2D eigenvalue weighted by molar-refractivity contribution is 7.89. The molecule has 1 atom stereocenters. The van der Waals surface area contributed by atoms with Gasteiger partial charge < -0.3 is 10.6 Å². The number of fused-ring (bicyclic) bond motifs is 2. The lowest BCUT2D eigenvalue weighted by Crippen LogP contribution is -2.47. The molecule has 1 spiro atoms. The number of hydrogen-bond acceptors (Lipinski definition) is 5. The first kappa shape index (κ1) is 25.4. The highest BCUT2D eigenvalue weighted by atomic mass is 32.2. The quantitative estimate of drug-likeness (QED) is 0.562. The van der Waals surface area contributed by atoms with Gasteiger partial charge >= 0.3 is 6.03 Å². The Labute approximate surface area is 217 Å². The van der Waals surface area contributed by atoms with E-state index < -0.39 is 40.0 Å². The van der Waals surface area contributed by atoms with Gasteiger partial charge in [-0.2, -0.15) is 4.31 Å². The number of aryl methyl sites for hydroxylation is 1. The highest BCUT2D eigenvalue weighted by Crippen LogP contribution is 2.39. The number of hydrogen-bond donors (Lipinski definition) is 2. The minimum atomic E-state index is -3.64. The standard InChI is InChI=1S/C27H32N4O5S/c1-30(21-10-3-2-4-11-21)37(35,36)22-15-13-20(14-16-22)28-24(32)18-31-25(33)27(29-26(31)34)17-7-9-19-8-5-6-12-23(19)27/h5-6,8,12-16,21H,2-4,7,9-11,17-18H2,1H3,(H,28,32)(H,29,34)/t27-/m1/s1. The average molecular weight is 525 g/mol. The summed E-state index contributed by atoms with van der Waals surface area (Å²) in [5.41, 5.74) is 1.07. The number of carbonyl (C=O) groups is 3. The minimum absolute atomic E-state index is 0.00157. The molecule has 2 fully saturated rings. The maximum absolute atomic E-state index is 13.4. The summed E-state index contributed by atoms with van der Waals surface area (Å²) in [4.78, 5) is 40.0. The Morgan fingerprint density at radius 3 is 2.49 bits per heavy atom. The van der Waals surface area contributed by atoms with Crippen molar-refractivity contribution in [3.8, 4) is 0 Å². The van der Waals surface area contributed by atoms with E-state index in [2.05, 4.69) is 10.6 Å². The number of nitrogens with zero attached hydrogens (tertiary/aromatic N) is 2. The molecule has 0 aromatic heterocycles. The van der Waals surface area contributed by atoms with E-state index in [1.807, 2.05) is 24.3 Å². The van der Waals surface area contributed by atoms with E-state index in [4.69, 9.17) is 0 Å². The molecule has 1 aliphatic heterocycles. The summed E-state index contributed by atoms with van der Waals surface area (Å²) in [6.07, 6.45) is 6.99. The van der Waals surface area contributed by atoms with Gasteiger partial charge in [-0.05, 0) is 67.5 Å². The molecule has 0 bridgehead atoms. The van der Waals surface area contributed by atoms with E-state index in [1.54, 1.807) is 7.05 Å². The SMILES string of the molecule is CN(C1CCCCC1)S(=O)(=O)c1ccc(NC(=O)CN2C(=O)N[C@@]3(CCCc4ccccc43)C2=O)cc1. The molecule has 1 saturated heterocycles. The lowest BCUT2D eigenvalue weighted by Gasteiger charge is -2.33. The fourth-order valence-electron chi connectivity index (χ4n) is 5.82. The van der Waals surface area contributed by atoms with Crippen LogP contribution in [0.1, 0.15) is 56.1 Å². The molecule has 2 aromatic carbocycles. The van der Waals surface area contributed by atoms with Crippen molar-refractivity contribution in [3.05, 3.63) is 59.7 Å². The molecule has 3 aliphatic rings. The van der Waals surface area contributed by atoms with Gasteiger partial charge in [-0.25, -0.2) is 13.2 Å². The van der Waals surface area contributed by atoms with E-state index in [1.165, 1.54) is 28.6 Å². The van der Waals surface area contributed by atoms with E-state index >= 15 is 0 Å². The zero-order chi connectivity index (χ0) is 26.2. The van der Waals surface area contributed by atoms with Gasteiger partial charge in [-0.1, -0.05) is 43.5 Å². The van der Waals surface area contributed by atoms with Gasteiger partial charge in [0.1, 0.15) is 12.1 Å². The number of carbonyl (C=O) groups excluding carboxylic acids is 3. The molecule has 2 aliphatic carbocycles. The lowest BCUT2D eigenvalue weighted by atomic mass is 9.76. The first-order valence-corrected chi connectivity index (χ1v) is 14.3. The third-order valence-electron chi connectivity index (χ3n) is 7.86. The van der Waals surface area contributed by atoms with Gasteiger partial charge in [0.15, 0.2) is 0 Å². The number of benzene rings is 2. The molecule has 0 unspecified atom stereocenters. The third-order valence-corrected chi connectivity index (χ3v) is 9.78. The number of anilines is 1. The fraction of sp³-hybridized carbons (Fsp3) is 0.444. The van der Waals surface area contributed by atoms with Gasteiger partial charge in [0, 0.05) is 18.8 Å². The number of urea groups is 1. The molecule has 4 amide bonds. The van der Waals surface area contributed by atoms with Crippen LogP contribution < -0.4 is 10.6 Å². The molecule has 196 valence electrons. The summed E-state index contributed by atoms with van der Waals surface area (Å²) < 4.78 is 27.6. The number of sulfonamides is 1. The molecule has 37 heavy (non-hydrogen) atoms. The molecule has 5 rings (SSSR count). The molecule has 1 heterocycles. The van der Waals surface area contributed by atoms with Crippen molar-refractivity contribution in [1.29, 1.82) is 0 Å². The predicted molar refractivity (Wildman–Crippen MR) is 138 cm³/mol. The molecule has 2 N–H and O–H groups in total. The zero-order valence-electron chi connectivity index (χ0n) is 20.9. The third kappa shape index (κ3) is 4.64. The second-order valence-electron chi connectivity index (χ2n) is 10.1. The van der Waals surface area contributed by atoms with Crippen molar-refractivity contribution in [2.45, 2.75) is 67.8 Å². The van der Waals surface area contributed by atoms with Crippen LogP contribution in [0.5, 0.6) is 0 Å². The maximum Gasteiger partial charge on any atom is 0.325 e. The first-order valence-electron chi connectivity index (χ1n) is 12.8. The second kappa shape index (κ2) is 9.90. The van der Waals surface area contributed by atoms with Crippen LogP contribution in [-0.2, 0) is 31.6 Å². The summed E-state index contributed by atoms with van der Waals surface area (Å²) >= 11 is 0. The number of amides is 4. The van der Waals surface area contributed by atoms with Crippen LogP contribution in [-0.4, -0.2) is 55.1 Å². The van der Waals surface area contributed by atoms with Gasteiger partial charge in [0.05, 0.1) is 4.90 Å². The van der Waals surface area contributed by atoms with Crippen molar-refractivity contribution in [2.75, 3.05) is 18.9 Å². The second-order valence-corrected chi connectivity index (χ2v) is 12.1. The number of rotatable bonds is 6. The Balaban J connectivity index is 1.25. The zero-order valence-corrected chi connectivity index (χ0v) is 21.7. The van der Waals surface area contributed by atoms with E-state index in [-0.39, 0.29) is 10.9 Å². The van der Waals surface area contributed by atoms with Crippen LogP contribution in [0.2, 0.25) is 0 Å². The van der Waals surface area contributed by atoms with Crippen LogP contribution in [0.15, 0.2) is 53.4 Å². The summed E-state index contributed by atoms with van der Waals surface area (Å²) in [6.45, 7) is -0.431. The lowest BCUT2D eigenvalue weighted by molar-refractivity contribution is -0.134. The summed E-state index contributed by atoms with van der Waals surface area (Å²) in [5.74, 6) is -0.966. The van der Waals surface area contributed by atoms with E-state index in [0.717, 1.165) is 61.0 Å². The van der Waals surface area contributed by atoms with Crippen molar-refractivity contribution in [2.24, 2.45) is 0 Å². The van der Waals surface area contributed by atoms with Gasteiger partial charge in [0.25, 0.3) is 5.91 Å². The monoisotopic (exact) mass is 524 g/mol. The maximum atomic E-state index is 13.4. The fourth-order valence-corrected chi connectivity index (χ4v) is 7.23. The van der Waals surface area contributed by atoms with Gasteiger partial charge in [0.2, 0.25) is 15.9 Å². The van der Waals surface area contributed by atoms with Crippen molar-refractivity contribution in [1.82, 2.24) is 14.5 Å². The Morgan fingerprint density at radius 2 is 1.76 bits per heavy atom. The molecule has 0 radical (unpaired) electrons. The largest absolute Gasteiger partial charge is 0.325 e. The first-order chi connectivity index (χ1) is 17.7. The number of imide groups is 1. The highest BCUT2D eigenvalue weighted by Gasteiger charge is 2.54. The smallest absolute Gasteiger partial charge is 0.325 e. The molecular weight excluding hydrogens is 492 g/mol. The van der Waals surface area contributed by atoms with E-state index in [9.17, 15) is 22.8 Å². The van der Waals surface area contributed by atoms with Crippen molar-refractivity contribution >= 4 is 33.6 Å². The van der Waals surface area contributed by atoms with Crippen molar-refractivity contribution in [3.63, 3.8) is 0 Å². The Morgan fingerprint density at radius 1 is 1.05 bits per heavy atom. The average Bonchev–Trinajstić information content (AvgIpc) is 3.13. The molecule has 2 aromatic rings. The summed E-state index contributed by atoms with van der Waals surface area (Å²) in [7, 11) is -2.02. The topological polar surface area (TPSA) is 116 Å². The van der Waals surface area contributed by atoms with Crippen LogP contribution in [0.3, 0.4) is 0 Å². The Hall–Kier alpha value is -3.24. The predicted octanol–water partition coefficient (Wildman–Crippen LogP) is 3.36. The minimum Gasteiger partial charge on any atom is -0.325 e. The van der Waals surface area contributed by atoms with Crippen molar-refractivity contribution < 1.29 is 22.8 Å². The molecule has 9 nitrogen and oxygen atoms in total. The van der Waals surface area contributed by atoms with Gasteiger partial charge in [-0.3, -0.25) is 14.5 Å². The van der Waals surface area contributed by atoms with Crippen LogP contribution in [0.25, 0.3) is 0 Å². The van der Waals surface area contributed by atoms with E-state index in [0.29, 0.717) is 12.1 Å². The molecule has 1 saturated carbocycles. The normalized spacial score (nSPS) is 22.3. The van der Waals surface area contributed by atoms with Crippen LogP contribution in [0, 0.1) is 0 Å². The van der Waals surface area contributed by atoms with Crippen LogP contribution in [0.4, 0.5) is 10.5 Å². The Kier molecular flexibility index (Phi) is 6.80.